The third-order valence-electron chi connectivity index (χ3n) is 1.63. The van der Waals surface area contributed by atoms with Gasteiger partial charge in [-0.1, -0.05) is 6.92 Å². The van der Waals surface area contributed by atoms with Crippen LogP contribution in [0.2, 0.25) is 0 Å². The van der Waals surface area contributed by atoms with Gasteiger partial charge in [-0.05, 0) is 25.2 Å². The molecule has 1 unspecified atom stereocenters. The minimum atomic E-state index is 0.495. The van der Waals surface area contributed by atoms with Gasteiger partial charge in [0.2, 0.25) is 0 Å². The monoisotopic (exact) mass is 118 g/mol. The van der Waals surface area contributed by atoms with Gasteiger partial charge >= 0.3 is 0 Å². The lowest BCUT2D eigenvalue weighted by molar-refractivity contribution is 0.613. The van der Waals surface area contributed by atoms with Crippen LogP contribution in [0.25, 0.3) is 0 Å². The third kappa shape index (κ3) is 1.34. The molecule has 0 nitrogen and oxygen atoms in total. The van der Waals surface area contributed by atoms with Crippen molar-refractivity contribution >= 4 is 11.6 Å². The van der Waals surface area contributed by atoms with Crippen molar-refractivity contribution in [3.63, 3.8) is 0 Å². The molecule has 0 aromatic heterocycles. The number of rotatable bonds is 0. The van der Waals surface area contributed by atoms with Crippen molar-refractivity contribution < 1.29 is 0 Å². The Kier molecular flexibility index (Phi) is 1.58. The van der Waals surface area contributed by atoms with Crippen LogP contribution in [0.5, 0.6) is 0 Å². The van der Waals surface area contributed by atoms with E-state index in [4.69, 9.17) is 11.6 Å². The van der Waals surface area contributed by atoms with E-state index < -0.39 is 0 Å². The molecule has 0 amide bonds. The zero-order chi connectivity index (χ0) is 5.28. The minimum absolute atomic E-state index is 0.495. The molecule has 0 heterocycles. The second kappa shape index (κ2) is 2.04. The van der Waals surface area contributed by atoms with E-state index in [0.29, 0.717) is 5.38 Å². The van der Waals surface area contributed by atoms with Gasteiger partial charge in [-0.25, -0.2) is 0 Å². The van der Waals surface area contributed by atoms with Gasteiger partial charge in [0.1, 0.15) is 0 Å². The van der Waals surface area contributed by atoms with Gasteiger partial charge in [-0.15, -0.1) is 11.6 Å². The summed E-state index contributed by atoms with van der Waals surface area (Å²) in [6.07, 6.45) is 3.82. The third-order valence-corrected chi connectivity index (χ3v) is 2.03. The van der Waals surface area contributed by atoms with Crippen LogP contribution in [-0.4, -0.2) is 5.38 Å². The molecule has 1 aliphatic rings. The predicted octanol–water partition coefficient (Wildman–Crippen LogP) is 2.41. The second-order valence-corrected chi connectivity index (χ2v) is 3.13. The molecule has 0 aliphatic heterocycles. The molecular weight excluding hydrogens is 108 g/mol. The second-order valence-electron chi connectivity index (χ2n) is 2.52. The Bertz CT molecular complexity index is 53.2. The topological polar surface area (TPSA) is 0 Å². The van der Waals surface area contributed by atoms with Crippen molar-refractivity contribution in [3.8, 4) is 0 Å². The minimum Gasteiger partial charge on any atom is -0.123 e. The average molecular weight is 119 g/mol. The highest BCUT2D eigenvalue weighted by Gasteiger charge is 2.17. The van der Waals surface area contributed by atoms with Crippen molar-refractivity contribution in [1.82, 2.24) is 0 Å². The number of halogens is 1. The molecular formula is C6H11Cl. The van der Waals surface area contributed by atoms with E-state index in [-0.39, 0.29) is 0 Å². The van der Waals surface area contributed by atoms with Gasteiger partial charge in [0.15, 0.2) is 0 Å². The number of hydrogen-bond acceptors (Lipinski definition) is 0. The fraction of sp³-hybridized carbons (Fsp3) is 1.00. The first-order valence-electron chi connectivity index (χ1n) is 2.93. The van der Waals surface area contributed by atoms with E-state index in [1.165, 1.54) is 19.3 Å². The molecule has 0 radical (unpaired) electrons. The quantitative estimate of drug-likeness (QED) is 0.429. The predicted molar refractivity (Wildman–Crippen MR) is 32.7 cm³/mol. The van der Waals surface area contributed by atoms with E-state index in [9.17, 15) is 0 Å². The zero-order valence-electron chi connectivity index (χ0n) is 4.65. The molecule has 1 aliphatic carbocycles. The molecule has 7 heavy (non-hydrogen) atoms. The first-order valence-corrected chi connectivity index (χ1v) is 3.36. The van der Waals surface area contributed by atoms with Gasteiger partial charge in [0.05, 0.1) is 0 Å². The largest absolute Gasteiger partial charge is 0.123 e. The lowest BCUT2D eigenvalue weighted by Gasteiger charge is -1.94. The number of alkyl halides is 1. The standard InChI is InChI=1S/C6H11Cl/c1-5-2-3-6(7)4-5/h5-6H,2-4H2,1H3/t5?,6-/m0/s1. The Morgan fingerprint density at radius 3 is 2.29 bits per heavy atom. The molecule has 0 aromatic rings. The molecule has 1 fully saturated rings. The highest BCUT2D eigenvalue weighted by Crippen LogP contribution is 2.28. The van der Waals surface area contributed by atoms with Crippen LogP contribution in [0, 0.1) is 5.92 Å². The maximum absolute atomic E-state index is 5.81. The highest BCUT2D eigenvalue weighted by atomic mass is 35.5. The zero-order valence-corrected chi connectivity index (χ0v) is 5.41. The van der Waals surface area contributed by atoms with Gasteiger partial charge in [-0.2, -0.15) is 0 Å². The average Bonchev–Trinajstić information content (AvgIpc) is 1.87. The van der Waals surface area contributed by atoms with Crippen LogP contribution >= 0.6 is 11.6 Å². The SMILES string of the molecule is CC1CC[C@H](Cl)C1. The molecule has 2 atom stereocenters. The van der Waals surface area contributed by atoms with Crippen LogP contribution < -0.4 is 0 Å². The summed E-state index contributed by atoms with van der Waals surface area (Å²) in [5.74, 6) is 0.891. The summed E-state index contributed by atoms with van der Waals surface area (Å²) in [5, 5.41) is 0.495. The summed E-state index contributed by atoms with van der Waals surface area (Å²) in [4.78, 5) is 0. The summed E-state index contributed by atoms with van der Waals surface area (Å²) in [7, 11) is 0. The van der Waals surface area contributed by atoms with E-state index in [1.807, 2.05) is 0 Å². The van der Waals surface area contributed by atoms with Crippen LogP contribution in [-0.2, 0) is 0 Å². The Balaban J connectivity index is 2.26. The smallest absolute Gasteiger partial charge is 0.0338 e. The van der Waals surface area contributed by atoms with Gasteiger partial charge in [-0.3, -0.25) is 0 Å². The summed E-state index contributed by atoms with van der Waals surface area (Å²) in [5.41, 5.74) is 0. The fourth-order valence-electron chi connectivity index (χ4n) is 1.14. The van der Waals surface area contributed by atoms with E-state index in [0.717, 1.165) is 5.92 Å². The molecule has 0 saturated heterocycles. The number of hydrogen-bond donors (Lipinski definition) is 0. The van der Waals surface area contributed by atoms with Crippen LogP contribution in [0.15, 0.2) is 0 Å². The maximum atomic E-state index is 5.81. The van der Waals surface area contributed by atoms with Crippen molar-refractivity contribution in [2.75, 3.05) is 0 Å². The van der Waals surface area contributed by atoms with E-state index in [1.54, 1.807) is 0 Å². The Morgan fingerprint density at radius 2 is 2.14 bits per heavy atom. The summed E-state index contributed by atoms with van der Waals surface area (Å²) in [6.45, 7) is 2.27. The molecule has 42 valence electrons. The summed E-state index contributed by atoms with van der Waals surface area (Å²) >= 11 is 5.81. The molecule has 0 spiro atoms. The van der Waals surface area contributed by atoms with E-state index >= 15 is 0 Å². The lowest BCUT2D eigenvalue weighted by atomic mass is 10.2. The first kappa shape index (κ1) is 5.43. The van der Waals surface area contributed by atoms with Gasteiger partial charge in [0.25, 0.3) is 0 Å². The summed E-state index contributed by atoms with van der Waals surface area (Å²) in [6, 6.07) is 0. The first-order chi connectivity index (χ1) is 3.29. The molecule has 0 aromatic carbocycles. The normalized spacial score (nSPS) is 42.0. The summed E-state index contributed by atoms with van der Waals surface area (Å²) < 4.78 is 0. The molecule has 1 rings (SSSR count). The van der Waals surface area contributed by atoms with Crippen LogP contribution in [0.3, 0.4) is 0 Å². The van der Waals surface area contributed by atoms with Crippen molar-refractivity contribution in [1.29, 1.82) is 0 Å². The Hall–Kier alpha value is 0.290. The highest BCUT2D eigenvalue weighted by molar-refractivity contribution is 6.20. The Labute approximate surface area is 49.9 Å². The van der Waals surface area contributed by atoms with Crippen molar-refractivity contribution in [2.45, 2.75) is 31.6 Å². The van der Waals surface area contributed by atoms with Crippen LogP contribution in [0.4, 0.5) is 0 Å². The lowest BCUT2D eigenvalue weighted by Crippen LogP contribution is -1.87. The van der Waals surface area contributed by atoms with Crippen molar-refractivity contribution in [2.24, 2.45) is 5.92 Å². The molecule has 1 heteroatoms. The molecule has 1 saturated carbocycles. The van der Waals surface area contributed by atoms with Gasteiger partial charge in [0, 0.05) is 5.38 Å². The van der Waals surface area contributed by atoms with Crippen molar-refractivity contribution in [3.05, 3.63) is 0 Å². The van der Waals surface area contributed by atoms with Gasteiger partial charge < -0.3 is 0 Å². The van der Waals surface area contributed by atoms with Crippen LogP contribution in [0.1, 0.15) is 26.2 Å². The van der Waals surface area contributed by atoms with E-state index in [2.05, 4.69) is 6.92 Å². The molecule has 0 N–H and O–H groups in total. The fourth-order valence-corrected chi connectivity index (χ4v) is 1.57. The maximum Gasteiger partial charge on any atom is 0.0338 e. The Morgan fingerprint density at radius 1 is 1.43 bits per heavy atom. The molecule has 0 bridgehead atoms.